The molecule has 0 unspecified atom stereocenters. The molecule has 7 heteroatoms. The zero-order valence-corrected chi connectivity index (χ0v) is 18.7. The minimum Gasteiger partial charge on any atom is -0.351 e. The van der Waals surface area contributed by atoms with Gasteiger partial charge in [-0.05, 0) is 36.3 Å². The molecule has 3 aromatic rings. The van der Waals surface area contributed by atoms with E-state index < -0.39 is 0 Å². The highest BCUT2D eigenvalue weighted by Crippen LogP contribution is 2.36. The number of carbonyl (C=O) groups excluding carboxylic acids is 1. The van der Waals surface area contributed by atoms with Gasteiger partial charge in [0, 0.05) is 18.0 Å². The summed E-state index contributed by atoms with van der Waals surface area (Å²) in [5, 5.41) is 4.27. The SMILES string of the molecule is C=CCn1c(SCC(=O)NCc2ccccc2)nc2sc3c(c2c1=O)CC[C@H](C)C3. The van der Waals surface area contributed by atoms with Crippen molar-refractivity contribution in [1.82, 2.24) is 14.9 Å². The second-order valence-corrected chi connectivity index (χ2v) is 9.71. The van der Waals surface area contributed by atoms with Crippen molar-refractivity contribution in [1.29, 1.82) is 0 Å². The van der Waals surface area contributed by atoms with Crippen molar-refractivity contribution in [3.63, 3.8) is 0 Å². The lowest BCUT2D eigenvalue weighted by molar-refractivity contribution is -0.118. The molecule has 0 radical (unpaired) electrons. The summed E-state index contributed by atoms with van der Waals surface area (Å²) in [7, 11) is 0. The minimum atomic E-state index is -0.0809. The summed E-state index contributed by atoms with van der Waals surface area (Å²) in [6.45, 7) is 6.92. The monoisotopic (exact) mass is 439 g/mol. The predicted octanol–water partition coefficient (Wildman–Crippen LogP) is 4.18. The van der Waals surface area contributed by atoms with Gasteiger partial charge in [0.15, 0.2) is 5.16 Å². The molecule has 1 amide bonds. The molecule has 2 aromatic heterocycles. The van der Waals surface area contributed by atoms with Gasteiger partial charge in [-0.2, -0.15) is 0 Å². The van der Waals surface area contributed by atoms with Crippen LogP contribution in [0.4, 0.5) is 0 Å². The summed E-state index contributed by atoms with van der Waals surface area (Å²) in [5.74, 6) is 0.773. The number of benzene rings is 1. The molecule has 0 spiro atoms. The maximum absolute atomic E-state index is 13.3. The van der Waals surface area contributed by atoms with Gasteiger partial charge in [0.25, 0.3) is 5.56 Å². The number of hydrogen-bond donors (Lipinski definition) is 1. The Hall–Kier alpha value is -2.38. The summed E-state index contributed by atoms with van der Waals surface area (Å²) in [5.41, 5.74) is 2.22. The summed E-state index contributed by atoms with van der Waals surface area (Å²) < 4.78 is 1.65. The minimum absolute atomic E-state index is 0.0147. The van der Waals surface area contributed by atoms with E-state index in [1.165, 1.54) is 22.2 Å². The molecular weight excluding hydrogens is 414 g/mol. The normalized spacial score (nSPS) is 15.7. The van der Waals surface area contributed by atoms with Crippen LogP contribution in [0, 0.1) is 5.92 Å². The molecule has 0 saturated carbocycles. The number of allylic oxidation sites excluding steroid dienone is 1. The predicted molar refractivity (Wildman–Crippen MR) is 124 cm³/mol. The first-order valence-electron chi connectivity index (χ1n) is 10.2. The molecule has 1 aliphatic carbocycles. The fraction of sp³-hybridized carbons (Fsp3) is 0.348. The van der Waals surface area contributed by atoms with E-state index in [1.54, 1.807) is 22.0 Å². The van der Waals surface area contributed by atoms with E-state index in [4.69, 9.17) is 4.98 Å². The van der Waals surface area contributed by atoms with Gasteiger partial charge < -0.3 is 5.32 Å². The van der Waals surface area contributed by atoms with E-state index in [1.807, 2.05) is 30.3 Å². The number of nitrogens with one attached hydrogen (secondary N) is 1. The van der Waals surface area contributed by atoms with Crippen molar-refractivity contribution < 1.29 is 4.79 Å². The summed E-state index contributed by atoms with van der Waals surface area (Å²) >= 11 is 2.94. The van der Waals surface area contributed by atoms with Crippen LogP contribution in [0.3, 0.4) is 0 Å². The molecule has 30 heavy (non-hydrogen) atoms. The van der Waals surface area contributed by atoms with Crippen molar-refractivity contribution >= 4 is 39.2 Å². The smallest absolute Gasteiger partial charge is 0.263 e. The third kappa shape index (κ3) is 4.37. The van der Waals surface area contributed by atoms with Crippen LogP contribution in [0.25, 0.3) is 10.2 Å². The Morgan fingerprint density at radius 3 is 2.97 bits per heavy atom. The molecule has 0 bridgehead atoms. The maximum Gasteiger partial charge on any atom is 0.263 e. The van der Waals surface area contributed by atoms with Gasteiger partial charge in [-0.15, -0.1) is 17.9 Å². The maximum atomic E-state index is 13.3. The molecule has 5 nitrogen and oxygen atoms in total. The fourth-order valence-corrected chi connectivity index (χ4v) is 6.05. The molecular formula is C23H25N3O2S2. The third-order valence-electron chi connectivity index (χ3n) is 5.36. The summed E-state index contributed by atoms with van der Waals surface area (Å²) in [4.78, 5) is 32.5. The lowest BCUT2D eigenvalue weighted by Gasteiger charge is -2.17. The van der Waals surface area contributed by atoms with Crippen LogP contribution in [0.1, 0.15) is 29.3 Å². The van der Waals surface area contributed by atoms with Crippen LogP contribution in [-0.4, -0.2) is 21.2 Å². The number of nitrogens with zero attached hydrogens (tertiary/aromatic N) is 2. The number of amides is 1. The number of hydrogen-bond acceptors (Lipinski definition) is 5. The molecule has 1 atom stereocenters. The van der Waals surface area contributed by atoms with E-state index in [-0.39, 0.29) is 17.2 Å². The van der Waals surface area contributed by atoms with Gasteiger partial charge >= 0.3 is 0 Å². The number of thiophene rings is 1. The van der Waals surface area contributed by atoms with Gasteiger partial charge in [-0.25, -0.2) is 4.98 Å². The van der Waals surface area contributed by atoms with Crippen molar-refractivity contribution in [2.24, 2.45) is 5.92 Å². The zero-order chi connectivity index (χ0) is 21.1. The quantitative estimate of drug-likeness (QED) is 0.341. The molecule has 0 fully saturated rings. The van der Waals surface area contributed by atoms with Crippen LogP contribution in [0.5, 0.6) is 0 Å². The van der Waals surface area contributed by atoms with Gasteiger partial charge in [-0.3, -0.25) is 14.2 Å². The highest BCUT2D eigenvalue weighted by atomic mass is 32.2. The Morgan fingerprint density at radius 1 is 1.40 bits per heavy atom. The van der Waals surface area contributed by atoms with Crippen LogP contribution in [-0.2, 0) is 30.7 Å². The average Bonchev–Trinajstić information content (AvgIpc) is 3.11. The Bertz CT molecular complexity index is 1130. The van der Waals surface area contributed by atoms with Crippen LogP contribution >= 0.6 is 23.1 Å². The second kappa shape index (κ2) is 9.18. The summed E-state index contributed by atoms with van der Waals surface area (Å²) in [6, 6.07) is 9.80. The fourth-order valence-electron chi connectivity index (χ4n) is 3.78. The Kier molecular flexibility index (Phi) is 6.39. The molecule has 1 N–H and O–H groups in total. The van der Waals surface area contributed by atoms with Gasteiger partial charge in [0.1, 0.15) is 4.83 Å². The van der Waals surface area contributed by atoms with Crippen molar-refractivity contribution in [2.75, 3.05) is 5.75 Å². The first kappa shape index (κ1) is 20.9. The number of fused-ring (bicyclic) bond motifs is 3. The lowest BCUT2D eigenvalue weighted by Crippen LogP contribution is -2.26. The number of rotatable bonds is 7. The van der Waals surface area contributed by atoms with E-state index in [9.17, 15) is 9.59 Å². The zero-order valence-electron chi connectivity index (χ0n) is 17.0. The summed E-state index contributed by atoms with van der Waals surface area (Å²) in [6.07, 6.45) is 4.77. The van der Waals surface area contributed by atoms with Crippen molar-refractivity contribution in [3.05, 3.63) is 69.3 Å². The largest absolute Gasteiger partial charge is 0.351 e. The van der Waals surface area contributed by atoms with Crippen LogP contribution in [0.15, 0.2) is 52.9 Å². The molecule has 156 valence electrons. The van der Waals surface area contributed by atoms with E-state index >= 15 is 0 Å². The van der Waals surface area contributed by atoms with E-state index in [0.29, 0.717) is 24.2 Å². The number of carbonyl (C=O) groups is 1. The van der Waals surface area contributed by atoms with Crippen molar-refractivity contribution in [2.45, 2.75) is 44.4 Å². The topological polar surface area (TPSA) is 64.0 Å². The Labute approximate surface area is 184 Å². The lowest BCUT2D eigenvalue weighted by atomic mass is 9.89. The highest BCUT2D eigenvalue weighted by molar-refractivity contribution is 7.99. The Morgan fingerprint density at radius 2 is 2.20 bits per heavy atom. The molecule has 4 rings (SSSR count). The van der Waals surface area contributed by atoms with Crippen LogP contribution < -0.4 is 10.9 Å². The Balaban J connectivity index is 1.55. The first-order valence-corrected chi connectivity index (χ1v) is 12.0. The average molecular weight is 440 g/mol. The molecule has 0 saturated heterocycles. The highest BCUT2D eigenvalue weighted by Gasteiger charge is 2.24. The van der Waals surface area contributed by atoms with E-state index in [2.05, 4.69) is 18.8 Å². The van der Waals surface area contributed by atoms with Gasteiger partial charge in [0.2, 0.25) is 5.91 Å². The van der Waals surface area contributed by atoms with E-state index in [0.717, 1.165) is 35.0 Å². The second-order valence-electron chi connectivity index (χ2n) is 7.68. The van der Waals surface area contributed by atoms with Gasteiger partial charge in [0.05, 0.1) is 11.1 Å². The molecule has 1 aromatic carbocycles. The first-order chi connectivity index (χ1) is 14.6. The standard InChI is InChI=1S/C23H25N3O2S2/c1-3-11-26-22(28)20-17-10-9-15(2)12-18(17)30-21(20)25-23(26)29-14-19(27)24-13-16-7-5-4-6-8-16/h3-8,15H,1,9-14H2,2H3,(H,24,27)/t15-/m0/s1. The van der Waals surface area contributed by atoms with Crippen LogP contribution in [0.2, 0.25) is 0 Å². The molecule has 0 aliphatic heterocycles. The van der Waals surface area contributed by atoms with Gasteiger partial charge in [-0.1, -0.05) is 55.1 Å². The molecule has 1 aliphatic rings. The van der Waals surface area contributed by atoms with Crippen molar-refractivity contribution in [3.8, 4) is 0 Å². The number of aryl methyl sites for hydroxylation is 1. The number of aromatic nitrogens is 2. The molecule has 2 heterocycles. The third-order valence-corrected chi connectivity index (χ3v) is 7.48. The number of thioether (sulfide) groups is 1.